The first kappa shape index (κ1) is 23.6. The van der Waals surface area contributed by atoms with Crippen LogP contribution >= 0.6 is 12.4 Å². The lowest BCUT2D eigenvalue weighted by atomic mass is 10.2. The van der Waals surface area contributed by atoms with Crippen molar-refractivity contribution >= 4 is 42.2 Å². The monoisotopic (exact) mass is 419 g/mol. The fourth-order valence-electron chi connectivity index (χ4n) is 2.22. The molecule has 0 aliphatic carbocycles. The maximum Gasteiger partial charge on any atom is 0.234 e. The molecule has 2 aromatic carbocycles. The molecule has 0 bridgehead atoms. The molecule has 9 nitrogen and oxygen atoms in total. The van der Waals surface area contributed by atoms with E-state index < -0.39 is 0 Å². The number of guanidine groups is 1. The van der Waals surface area contributed by atoms with Crippen LogP contribution in [-0.2, 0) is 0 Å². The molecule has 10 heteroatoms. The van der Waals surface area contributed by atoms with Crippen molar-refractivity contribution in [2.24, 2.45) is 21.0 Å². The van der Waals surface area contributed by atoms with Crippen LogP contribution in [0.2, 0.25) is 0 Å². The fraction of sp³-hybridized carbons (Fsp3) is 0.211. The molecule has 0 spiro atoms. The number of halogens is 1. The summed E-state index contributed by atoms with van der Waals surface area (Å²) in [6.45, 7) is 4.81. The first-order chi connectivity index (χ1) is 13.5. The van der Waals surface area contributed by atoms with Crippen LogP contribution < -0.4 is 32.1 Å². The number of hydrogen-bond acceptors (Lipinski definition) is 7. The molecule has 2 rings (SSSR count). The first-order valence-corrected chi connectivity index (χ1v) is 8.73. The van der Waals surface area contributed by atoms with Crippen molar-refractivity contribution in [3.63, 3.8) is 0 Å². The lowest BCUT2D eigenvalue weighted by Crippen LogP contribution is -2.26. The van der Waals surface area contributed by atoms with Crippen molar-refractivity contribution in [2.75, 3.05) is 24.7 Å². The number of rotatable bonds is 8. The first-order valence-electron chi connectivity index (χ1n) is 8.73. The van der Waals surface area contributed by atoms with E-state index in [0.717, 1.165) is 11.1 Å². The van der Waals surface area contributed by atoms with Crippen LogP contribution in [0.5, 0.6) is 11.5 Å². The second kappa shape index (κ2) is 12.1. The van der Waals surface area contributed by atoms with Gasteiger partial charge in [0.2, 0.25) is 5.96 Å². The molecule has 0 aliphatic rings. The van der Waals surface area contributed by atoms with Gasteiger partial charge in [0.15, 0.2) is 0 Å². The van der Waals surface area contributed by atoms with Crippen molar-refractivity contribution in [3.8, 4) is 11.5 Å². The quantitative estimate of drug-likeness (QED) is 0.223. The average Bonchev–Trinajstić information content (AvgIpc) is 2.66. The number of nitrogens with one attached hydrogen (secondary N) is 1. The molecule has 0 heterocycles. The Bertz CT molecular complexity index is 885. The van der Waals surface area contributed by atoms with Gasteiger partial charge in [0.1, 0.15) is 11.5 Å². The number of nitrogens with zero attached hydrogens (tertiary/aromatic N) is 3. The van der Waals surface area contributed by atoms with Crippen LogP contribution in [0.1, 0.15) is 25.0 Å². The van der Waals surface area contributed by atoms with Gasteiger partial charge in [-0.25, -0.2) is 5.43 Å². The maximum atomic E-state index is 5.76. The molecule has 0 aliphatic heterocycles. The normalized spacial score (nSPS) is 11.4. The Kier molecular flexibility index (Phi) is 9.83. The van der Waals surface area contributed by atoms with Crippen LogP contribution in [0.15, 0.2) is 51.7 Å². The van der Waals surface area contributed by atoms with Gasteiger partial charge in [-0.1, -0.05) is 0 Å². The average molecular weight is 420 g/mol. The van der Waals surface area contributed by atoms with Gasteiger partial charge in [-0.3, -0.25) is 0 Å². The SMILES string of the molecule is CCOc1cc(N)ccc1/C=N/N=C(N)N/N=C/c1ccc(N)cc1OCC.Cl. The van der Waals surface area contributed by atoms with Gasteiger partial charge in [0, 0.05) is 34.6 Å². The predicted octanol–water partition coefficient (Wildman–Crippen LogP) is 2.34. The second-order valence-corrected chi connectivity index (χ2v) is 5.56. The molecule has 0 unspecified atom stereocenters. The fourth-order valence-corrected chi connectivity index (χ4v) is 2.22. The Morgan fingerprint density at radius 1 is 0.931 bits per heavy atom. The summed E-state index contributed by atoms with van der Waals surface area (Å²) in [5.74, 6) is 1.28. The third-order valence-corrected chi connectivity index (χ3v) is 3.42. The zero-order chi connectivity index (χ0) is 20.4. The lowest BCUT2D eigenvalue weighted by Gasteiger charge is -2.07. The van der Waals surface area contributed by atoms with Gasteiger partial charge < -0.3 is 26.7 Å². The molecule has 0 saturated carbocycles. The van der Waals surface area contributed by atoms with E-state index in [1.165, 1.54) is 6.21 Å². The summed E-state index contributed by atoms with van der Waals surface area (Å²) in [7, 11) is 0. The molecule has 0 fully saturated rings. The standard InChI is InChI=1S/C19H25N7O2.ClH/c1-3-27-17-9-15(20)7-5-13(17)11-23-25-19(22)26-24-12-14-6-8-16(21)10-18(14)28-4-2;/h5-12H,3-4,20-21H2,1-2H3,(H3,22,25,26);1H/b23-11+,24-12+;. The Morgan fingerprint density at radius 3 is 1.97 bits per heavy atom. The van der Waals surface area contributed by atoms with Crippen LogP contribution in [0, 0.1) is 0 Å². The van der Waals surface area contributed by atoms with E-state index in [4.69, 9.17) is 26.7 Å². The third-order valence-electron chi connectivity index (χ3n) is 3.42. The van der Waals surface area contributed by atoms with Crippen molar-refractivity contribution in [2.45, 2.75) is 13.8 Å². The van der Waals surface area contributed by atoms with E-state index in [0.29, 0.717) is 36.1 Å². The molecule has 0 saturated heterocycles. The smallest absolute Gasteiger partial charge is 0.234 e. The van der Waals surface area contributed by atoms with Gasteiger partial charge >= 0.3 is 0 Å². The highest BCUT2D eigenvalue weighted by molar-refractivity contribution is 5.87. The molecule has 29 heavy (non-hydrogen) atoms. The predicted molar refractivity (Wildman–Crippen MR) is 121 cm³/mol. The summed E-state index contributed by atoms with van der Waals surface area (Å²) < 4.78 is 11.0. The summed E-state index contributed by atoms with van der Waals surface area (Å²) in [6.07, 6.45) is 3.08. The molecule has 2 aromatic rings. The number of benzene rings is 2. The van der Waals surface area contributed by atoms with E-state index in [-0.39, 0.29) is 18.4 Å². The van der Waals surface area contributed by atoms with Crippen LogP contribution in [0.4, 0.5) is 11.4 Å². The zero-order valence-electron chi connectivity index (χ0n) is 16.3. The number of hydrazone groups is 1. The summed E-state index contributed by atoms with van der Waals surface area (Å²) in [5, 5.41) is 11.8. The van der Waals surface area contributed by atoms with Gasteiger partial charge in [-0.15, -0.1) is 17.5 Å². The topological polar surface area (TPSA) is 146 Å². The van der Waals surface area contributed by atoms with Gasteiger partial charge in [-0.05, 0) is 38.1 Å². The molecule has 0 aromatic heterocycles. The minimum Gasteiger partial charge on any atom is -0.493 e. The molecular formula is C19H26ClN7O2. The number of anilines is 2. The molecule has 0 amide bonds. The summed E-state index contributed by atoms with van der Waals surface area (Å²) in [5.41, 5.74) is 22.6. The largest absolute Gasteiger partial charge is 0.493 e. The third kappa shape index (κ3) is 7.59. The maximum absolute atomic E-state index is 5.76. The molecule has 0 radical (unpaired) electrons. The van der Waals surface area contributed by atoms with Crippen molar-refractivity contribution in [1.29, 1.82) is 0 Å². The van der Waals surface area contributed by atoms with Gasteiger partial charge in [0.25, 0.3) is 0 Å². The molecule has 0 atom stereocenters. The van der Waals surface area contributed by atoms with Crippen LogP contribution in [0.3, 0.4) is 0 Å². The number of ether oxygens (including phenoxy) is 2. The van der Waals surface area contributed by atoms with E-state index >= 15 is 0 Å². The minimum atomic E-state index is 0. The van der Waals surface area contributed by atoms with E-state index in [1.54, 1.807) is 42.6 Å². The number of nitrogen functional groups attached to an aromatic ring is 2. The Labute approximate surface area is 176 Å². The Morgan fingerprint density at radius 2 is 1.45 bits per heavy atom. The van der Waals surface area contributed by atoms with E-state index in [9.17, 15) is 0 Å². The molecule has 156 valence electrons. The highest BCUT2D eigenvalue weighted by Gasteiger charge is 2.02. The van der Waals surface area contributed by atoms with Crippen molar-refractivity contribution < 1.29 is 9.47 Å². The van der Waals surface area contributed by atoms with E-state index in [2.05, 4.69) is 20.7 Å². The summed E-state index contributed by atoms with van der Waals surface area (Å²) in [6, 6.07) is 10.6. The zero-order valence-corrected chi connectivity index (χ0v) is 17.1. The highest BCUT2D eigenvalue weighted by atomic mass is 35.5. The van der Waals surface area contributed by atoms with Gasteiger partial charge in [0.05, 0.1) is 25.6 Å². The minimum absolute atomic E-state index is 0. The van der Waals surface area contributed by atoms with Crippen molar-refractivity contribution in [1.82, 2.24) is 5.43 Å². The molecule has 7 N–H and O–H groups in total. The van der Waals surface area contributed by atoms with Gasteiger partial charge in [-0.2, -0.15) is 10.2 Å². The summed E-state index contributed by atoms with van der Waals surface area (Å²) >= 11 is 0. The van der Waals surface area contributed by atoms with Crippen LogP contribution in [0.25, 0.3) is 0 Å². The number of nitrogens with two attached hydrogens (primary N) is 3. The van der Waals surface area contributed by atoms with Crippen LogP contribution in [-0.4, -0.2) is 31.6 Å². The number of hydrogen-bond donors (Lipinski definition) is 4. The Balaban J connectivity index is 0.00000420. The lowest BCUT2D eigenvalue weighted by molar-refractivity contribution is 0.340. The second-order valence-electron chi connectivity index (χ2n) is 5.56. The summed E-state index contributed by atoms with van der Waals surface area (Å²) in [4.78, 5) is 0. The highest BCUT2D eigenvalue weighted by Crippen LogP contribution is 2.21. The van der Waals surface area contributed by atoms with Crippen molar-refractivity contribution in [3.05, 3.63) is 47.5 Å². The van der Waals surface area contributed by atoms with E-state index in [1.807, 2.05) is 13.8 Å². The molecular weight excluding hydrogens is 394 g/mol. The Hall–Kier alpha value is -3.46.